The summed E-state index contributed by atoms with van der Waals surface area (Å²) in [6.45, 7) is 4.84. The molecule has 2 atom stereocenters. The van der Waals surface area contributed by atoms with Crippen LogP contribution in [0.5, 0.6) is 23.0 Å². The summed E-state index contributed by atoms with van der Waals surface area (Å²) >= 11 is 0. The number of aliphatic hydroxyl groups is 1. The average molecular weight is 776 g/mol. The van der Waals surface area contributed by atoms with Gasteiger partial charge in [-0.25, -0.2) is 4.79 Å². The van der Waals surface area contributed by atoms with Crippen molar-refractivity contribution < 1.29 is 59.0 Å². The summed E-state index contributed by atoms with van der Waals surface area (Å²) in [6, 6.07) is 26.8. The van der Waals surface area contributed by atoms with Crippen LogP contribution in [-0.4, -0.2) is 66.5 Å². The Balaban J connectivity index is 1.56. The van der Waals surface area contributed by atoms with Gasteiger partial charge in [-0.2, -0.15) is 21.6 Å². The number of halogens is 3. The van der Waals surface area contributed by atoms with E-state index in [1.807, 2.05) is 60.7 Å². The van der Waals surface area contributed by atoms with E-state index in [-0.39, 0.29) is 24.5 Å². The minimum atomic E-state index is -6.20. The van der Waals surface area contributed by atoms with Gasteiger partial charge in [-0.1, -0.05) is 112 Å². The fourth-order valence-electron chi connectivity index (χ4n) is 6.12. The zero-order chi connectivity index (χ0) is 38.4. The van der Waals surface area contributed by atoms with Crippen molar-refractivity contribution in [1.82, 2.24) is 5.32 Å². The Kier molecular flexibility index (Phi) is 12.1. The molecule has 1 aliphatic rings. The standard InChI is InChI=1S/C37H40F3NO10SSi/c1-36(2,3)53(27-16-10-6-11-17-27,28-18-12-7-13-19-28)50-23-26(21-42)41-31(35(43)46-4)29-20-30(47-22-25-14-8-5-9-15-25)33(34-32(29)48-24-49-34)51-52(44,45)37(38,39)40/h5-20,26,31,41-42H,21-24H2,1-4H3/t26-,31+/m0/s1. The molecule has 0 saturated carbocycles. The first-order valence-electron chi connectivity index (χ1n) is 16.5. The van der Waals surface area contributed by atoms with E-state index >= 15 is 0 Å². The molecule has 0 fully saturated rings. The number of methoxy groups -OCH3 is 1. The first-order valence-corrected chi connectivity index (χ1v) is 19.8. The fraction of sp³-hybridized carbons (Fsp3) is 0.324. The van der Waals surface area contributed by atoms with Crippen LogP contribution >= 0.6 is 0 Å². The van der Waals surface area contributed by atoms with Crippen LogP contribution in [-0.2, 0) is 30.7 Å². The topological polar surface area (TPSA) is 139 Å². The van der Waals surface area contributed by atoms with Gasteiger partial charge in [-0.15, -0.1) is 0 Å². The molecule has 53 heavy (non-hydrogen) atoms. The molecule has 1 aliphatic heterocycles. The Labute approximate surface area is 306 Å². The highest BCUT2D eigenvalue weighted by atomic mass is 32.2. The Morgan fingerprint density at radius 3 is 1.96 bits per heavy atom. The quantitative estimate of drug-likeness (QED) is 0.0734. The van der Waals surface area contributed by atoms with Crippen LogP contribution in [0.4, 0.5) is 13.2 Å². The summed E-state index contributed by atoms with van der Waals surface area (Å²) in [6.07, 6.45) is 0. The normalized spacial score (nSPS) is 14.3. The lowest BCUT2D eigenvalue weighted by Crippen LogP contribution is -2.67. The molecular formula is C37H40F3NO10SSi. The maximum Gasteiger partial charge on any atom is 0.534 e. The van der Waals surface area contributed by atoms with E-state index in [0.717, 1.165) is 23.5 Å². The van der Waals surface area contributed by atoms with Crippen LogP contribution in [0.25, 0.3) is 0 Å². The van der Waals surface area contributed by atoms with Crippen molar-refractivity contribution >= 4 is 34.8 Å². The van der Waals surface area contributed by atoms with Crippen LogP contribution < -0.4 is 34.1 Å². The van der Waals surface area contributed by atoms with Gasteiger partial charge in [0.15, 0.2) is 11.5 Å². The van der Waals surface area contributed by atoms with Gasteiger partial charge in [-0.3, -0.25) is 5.32 Å². The van der Waals surface area contributed by atoms with Gasteiger partial charge >= 0.3 is 21.6 Å². The lowest BCUT2D eigenvalue weighted by Gasteiger charge is -2.43. The average Bonchev–Trinajstić information content (AvgIpc) is 3.63. The van der Waals surface area contributed by atoms with Crippen molar-refractivity contribution in [2.75, 3.05) is 27.1 Å². The molecule has 0 aromatic heterocycles. The molecule has 2 N–H and O–H groups in total. The molecule has 0 amide bonds. The van der Waals surface area contributed by atoms with Gasteiger partial charge < -0.3 is 32.7 Å². The Bertz CT molecular complexity index is 1920. The maximum atomic E-state index is 13.5. The number of alkyl halides is 3. The summed E-state index contributed by atoms with van der Waals surface area (Å²) in [5.74, 6) is -3.14. The molecule has 0 bridgehead atoms. The number of fused-ring (bicyclic) bond motifs is 1. The highest BCUT2D eigenvalue weighted by Crippen LogP contribution is 2.52. The van der Waals surface area contributed by atoms with E-state index in [1.165, 1.54) is 0 Å². The molecular weight excluding hydrogens is 736 g/mol. The number of benzene rings is 4. The molecule has 0 saturated heterocycles. The molecule has 0 spiro atoms. The summed E-state index contributed by atoms with van der Waals surface area (Å²) < 4.78 is 98.5. The van der Waals surface area contributed by atoms with E-state index < -0.39 is 77.7 Å². The highest BCUT2D eigenvalue weighted by Gasteiger charge is 2.51. The third kappa shape index (κ3) is 8.46. The number of esters is 1. The molecule has 4 aromatic carbocycles. The van der Waals surface area contributed by atoms with E-state index in [9.17, 15) is 31.5 Å². The lowest BCUT2D eigenvalue weighted by molar-refractivity contribution is -0.143. The lowest BCUT2D eigenvalue weighted by atomic mass is 10.0. The minimum absolute atomic E-state index is 0.0481. The molecule has 11 nitrogen and oxygen atoms in total. The summed E-state index contributed by atoms with van der Waals surface area (Å²) in [7, 11) is -8.18. The monoisotopic (exact) mass is 775 g/mol. The second-order valence-electron chi connectivity index (χ2n) is 13.1. The Morgan fingerprint density at radius 2 is 1.45 bits per heavy atom. The second-order valence-corrected chi connectivity index (χ2v) is 18.9. The molecule has 0 aliphatic carbocycles. The Morgan fingerprint density at radius 1 is 0.906 bits per heavy atom. The molecule has 0 unspecified atom stereocenters. The number of carbonyl (C=O) groups excluding carboxylic acids is 1. The predicted molar refractivity (Wildman–Crippen MR) is 191 cm³/mol. The van der Waals surface area contributed by atoms with Gasteiger partial charge in [-0.05, 0) is 27.0 Å². The van der Waals surface area contributed by atoms with Crippen LogP contribution in [0, 0.1) is 0 Å². The first kappa shape index (κ1) is 39.6. The van der Waals surface area contributed by atoms with E-state index in [0.29, 0.717) is 5.56 Å². The van der Waals surface area contributed by atoms with Gasteiger partial charge in [0.2, 0.25) is 18.3 Å². The van der Waals surface area contributed by atoms with Crippen LogP contribution in [0.3, 0.4) is 0 Å². The SMILES string of the molecule is COC(=O)[C@H](N[C@@H](CO)CO[Si](c1ccccc1)(c1ccccc1)C(C)(C)C)c1cc(OCc2ccccc2)c(OS(=O)(=O)C(F)(F)F)c2c1OCO2. The number of carbonyl (C=O) groups is 1. The van der Waals surface area contributed by atoms with Crippen molar-refractivity contribution in [1.29, 1.82) is 0 Å². The minimum Gasteiger partial charge on any atom is -0.485 e. The van der Waals surface area contributed by atoms with E-state index in [4.69, 9.17) is 23.4 Å². The van der Waals surface area contributed by atoms with Crippen molar-refractivity contribution in [2.24, 2.45) is 0 Å². The largest absolute Gasteiger partial charge is 0.534 e. The van der Waals surface area contributed by atoms with Crippen molar-refractivity contribution in [3.05, 3.63) is 108 Å². The number of ether oxygens (including phenoxy) is 4. The van der Waals surface area contributed by atoms with E-state index in [2.05, 4.69) is 30.3 Å². The Hall–Kier alpha value is -4.61. The number of aliphatic hydroxyl groups excluding tert-OH is 1. The summed E-state index contributed by atoms with van der Waals surface area (Å²) in [4.78, 5) is 13.5. The predicted octanol–water partition coefficient (Wildman–Crippen LogP) is 4.96. The number of hydrogen-bond acceptors (Lipinski definition) is 11. The molecule has 1 heterocycles. The van der Waals surface area contributed by atoms with Gasteiger partial charge in [0.05, 0.1) is 26.4 Å². The zero-order valence-electron chi connectivity index (χ0n) is 29.4. The molecule has 16 heteroatoms. The van der Waals surface area contributed by atoms with Crippen molar-refractivity contribution in [3.63, 3.8) is 0 Å². The number of rotatable bonds is 15. The molecule has 4 aromatic rings. The zero-order valence-corrected chi connectivity index (χ0v) is 31.2. The maximum absolute atomic E-state index is 13.5. The summed E-state index contributed by atoms with van der Waals surface area (Å²) in [5, 5.41) is 15.3. The molecule has 0 radical (unpaired) electrons. The van der Waals surface area contributed by atoms with Gasteiger partial charge in [0.25, 0.3) is 8.32 Å². The number of nitrogens with one attached hydrogen (secondary N) is 1. The third-order valence-corrected chi connectivity index (χ3v) is 14.6. The smallest absolute Gasteiger partial charge is 0.485 e. The van der Waals surface area contributed by atoms with Crippen molar-refractivity contribution in [2.45, 2.75) is 50.0 Å². The second kappa shape index (κ2) is 16.2. The first-order chi connectivity index (χ1) is 25.1. The van der Waals surface area contributed by atoms with Crippen LogP contribution in [0.15, 0.2) is 97.1 Å². The van der Waals surface area contributed by atoms with Gasteiger partial charge in [0, 0.05) is 5.56 Å². The van der Waals surface area contributed by atoms with Gasteiger partial charge in [0.1, 0.15) is 12.6 Å². The fourth-order valence-corrected chi connectivity index (χ4v) is 11.2. The highest BCUT2D eigenvalue weighted by molar-refractivity contribution is 7.88. The number of hydrogen-bond donors (Lipinski definition) is 2. The molecule has 284 valence electrons. The molecule has 5 rings (SSSR count). The summed E-state index contributed by atoms with van der Waals surface area (Å²) in [5.41, 5.74) is -5.25. The van der Waals surface area contributed by atoms with Crippen LogP contribution in [0.2, 0.25) is 5.04 Å². The van der Waals surface area contributed by atoms with Crippen LogP contribution in [0.1, 0.15) is 37.9 Å². The van der Waals surface area contributed by atoms with Crippen molar-refractivity contribution in [3.8, 4) is 23.0 Å². The van der Waals surface area contributed by atoms with E-state index in [1.54, 1.807) is 30.3 Å². The third-order valence-electron chi connectivity index (χ3n) is 8.59.